The van der Waals surface area contributed by atoms with Gasteiger partial charge in [0.05, 0.1) is 7.11 Å². The highest BCUT2D eigenvalue weighted by atomic mass is 35.5. The summed E-state index contributed by atoms with van der Waals surface area (Å²) < 4.78 is 9.59. The van der Waals surface area contributed by atoms with Crippen LogP contribution in [0.5, 0.6) is 0 Å². The molecule has 1 aromatic carbocycles. The van der Waals surface area contributed by atoms with Gasteiger partial charge in [-0.3, -0.25) is 4.79 Å². The molecule has 0 heterocycles. The van der Waals surface area contributed by atoms with E-state index < -0.39 is 18.1 Å². The van der Waals surface area contributed by atoms with Gasteiger partial charge in [-0.2, -0.15) is 0 Å². The van der Waals surface area contributed by atoms with Crippen molar-refractivity contribution in [1.29, 1.82) is 0 Å². The number of halogens is 1. The van der Waals surface area contributed by atoms with Gasteiger partial charge in [-0.25, -0.2) is 4.79 Å². The highest BCUT2D eigenvalue weighted by Crippen LogP contribution is 2.10. The van der Waals surface area contributed by atoms with Crippen molar-refractivity contribution in [3.8, 4) is 0 Å². The fourth-order valence-electron chi connectivity index (χ4n) is 1.73. The fraction of sp³-hybridized carbons (Fsp3) is 0.467. The average molecular weight is 329 g/mol. The van der Waals surface area contributed by atoms with Gasteiger partial charge in [0.15, 0.2) is 0 Å². The molecule has 1 amide bonds. The molecule has 1 atom stereocenters. The van der Waals surface area contributed by atoms with E-state index in [1.165, 1.54) is 7.11 Å². The lowest BCUT2D eigenvalue weighted by Crippen LogP contribution is -2.31. The average Bonchev–Trinajstić information content (AvgIpc) is 2.53. The van der Waals surface area contributed by atoms with E-state index in [0.29, 0.717) is 30.8 Å². The van der Waals surface area contributed by atoms with E-state index in [1.54, 1.807) is 24.3 Å². The normalized spacial score (nSPS) is 11.6. The zero-order chi connectivity index (χ0) is 16.4. The molecule has 0 saturated carbocycles. The van der Waals surface area contributed by atoms with Crippen LogP contribution >= 0.6 is 11.6 Å². The van der Waals surface area contributed by atoms with Crippen molar-refractivity contribution in [3.63, 3.8) is 0 Å². The van der Waals surface area contributed by atoms with E-state index in [-0.39, 0.29) is 6.61 Å². The van der Waals surface area contributed by atoms with Crippen LogP contribution in [0.1, 0.15) is 24.8 Å². The largest absolute Gasteiger partial charge is 0.468 e. The molecule has 0 fully saturated rings. The number of nitrogens with one attached hydrogen (secondary N) is 1. The van der Waals surface area contributed by atoms with Crippen molar-refractivity contribution in [2.24, 2.45) is 5.73 Å². The molecule has 3 N–H and O–H groups in total. The molecule has 0 aromatic heterocycles. The molecule has 1 unspecified atom stereocenters. The summed E-state index contributed by atoms with van der Waals surface area (Å²) in [6.45, 7) is 0.656. The lowest BCUT2D eigenvalue weighted by atomic mass is 10.1. The van der Waals surface area contributed by atoms with Crippen LogP contribution in [0.25, 0.3) is 0 Å². The maximum atomic E-state index is 11.5. The van der Waals surface area contributed by atoms with Gasteiger partial charge in [-0.05, 0) is 37.0 Å². The first-order chi connectivity index (χ1) is 10.5. The van der Waals surface area contributed by atoms with Gasteiger partial charge < -0.3 is 20.5 Å². The summed E-state index contributed by atoms with van der Waals surface area (Å²) in [5, 5.41) is 3.27. The van der Waals surface area contributed by atoms with Crippen LogP contribution in [0.2, 0.25) is 5.02 Å². The number of esters is 1. The number of carbonyl (C=O) groups is 2. The number of hydrogen-bond acceptors (Lipinski definition) is 5. The monoisotopic (exact) mass is 328 g/mol. The molecule has 0 spiro atoms. The van der Waals surface area contributed by atoms with Gasteiger partial charge >= 0.3 is 12.1 Å². The van der Waals surface area contributed by atoms with Gasteiger partial charge in [0.1, 0.15) is 12.6 Å². The molecule has 0 aliphatic rings. The van der Waals surface area contributed by atoms with Crippen LogP contribution in [0, 0.1) is 0 Å². The van der Waals surface area contributed by atoms with E-state index in [4.69, 9.17) is 22.1 Å². The Morgan fingerprint density at radius 1 is 1.27 bits per heavy atom. The molecule has 1 aromatic rings. The van der Waals surface area contributed by atoms with Crippen LogP contribution in [0.15, 0.2) is 24.3 Å². The number of unbranched alkanes of at least 4 members (excludes halogenated alkanes) is 1. The second-order valence-electron chi connectivity index (χ2n) is 4.75. The Kier molecular flexibility index (Phi) is 8.32. The SMILES string of the molecule is COC(=O)C(N)CCCCNC(=O)OCc1ccc(Cl)cc1. The summed E-state index contributed by atoms with van der Waals surface area (Å²) in [4.78, 5) is 22.6. The molecule has 0 aliphatic carbocycles. The van der Waals surface area contributed by atoms with Crippen LogP contribution < -0.4 is 11.1 Å². The van der Waals surface area contributed by atoms with Gasteiger partial charge in [0.25, 0.3) is 0 Å². The summed E-state index contributed by atoms with van der Waals surface area (Å²) in [6, 6.07) is 6.46. The lowest BCUT2D eigenvalue weighted by molar-refractivity contribution is -0.142. The maximum Gasteiger partial charge on any atom is 0.407 e. The zero-order valence-electron chi connectivity index (χ0n) is 12.5. The van der Waals surface area contributed by atoms with Crippen LogP contribution in [0.4, 0.5) is 4.79 Å². The van der Waals surface area contributed by atoms with Gasteiger partial charge in [0, 0.05) is 11.6 Å². The number of alkyl carbamates (subject to hydrolysis) is 1. The summed E-state index contributed by atoms with van der Waals surface area (Å²) in [5.74, 6) is -0.421. The standard InChI is InChI=1S/C15H21ClN2O4/c1-21-14(19)13(17)4-2-3-9-18-15(20)22-10-11-5-7-12(16)8-6-11/h5-8,13H,2-4,9-10,17H2,1H3,(H,18,20). The second-order valence-corrected chi connectivity index (χ2v) is 5.19. The second kappa shape index (κ2) is 10.0. The molecule has 0 bridgehead atoms. The molecule has 6 nitrogen and oxygen atoms in total. The Hall–Kier alpha value is -1.79. The minimum atomic E-state index is -0.609. The summed E-state index contributed by atoms with van der Waals surface area (Å²) in [5.41, 5.74) is 6.46. The summed E-state index contributed by atoms with van der Waals surface area (Å²) >= 11 is 5.77. The number of hydrogen-bond donors (Lipinski definition) is 2. The Morgan fingerprint density at radius 2 is 1.95 bits per heavy atom. The predicted octanol–water partition coefficient (Wildman–Crippen LogP) is 2.24. The number of ether oxygens (including phenoxy) is 2. The number of methoxy groups -OCH3 is 1. The summed E-state index contributed by atoms with van der Waals surface area (Å²) in [6.07, 6.45) is 1.47. The first-order valence-corrected chi connectivity index (χ1v) is 7.39. The van der Waals surface area contributed by atoms with Crippen molar-refractivity contribution in [2.45, 2.75) is 31.9 Å². The Balaban J connectivity index is 2.08. The third kappa shape index (κ3) is 7.28. The molecule has 0 saturated heterocycles. The molecular formula is C15H21ClN2O4. The predicted molar refractivity (Wildman–Crippen MR) is 83.5 cm³/mol. The molecule has 122 valence electrons. The first kappa shape index (κ1) is 18.3. The van der Waals surface area contributed by atoms with E-state index in [2.05, 4.69) is 10.1 Å². The smallest absolute Gasteiger partial charge is 0.407 e. The summed E-state index contributed by atoms with van der Waals surface area (Å²) in [7, 11) is 1.31. The van der Waals surface area contributed by atoms with E-state index in [9.17, 15) is 9.59 Å². The van der Waals surface area contributed by atoms with E-state index >= 15 is 0 Å². The minimum absolute atomic E-state index is 0.191. The van der Waals surface area contributed by atoms with E-state index in [1.807, 2.05) is 0 Å². The highest BCUT2D eigenvalue weighted by Gasteiger charge is 2.12. The topological polar surface area (TPSA) is 90.6 Å². The highest BCUT2D eigenvalue weighted by molar-refractivity contribution is 6.30. The zero-order valence-corrected chi connectivity index (χ0v) is 13.3. The Labute approximate surface area is 134 Å². The van der Waals surface area contributed by atoms with Gasteiger partial charge in [-0.1, -0.05) is 23.7 Å². The van der Waals surface area contributed by atoms with Crippen molar-refractivity contribution < 1.29 is 19.1 Å². The van der Waals surface area contributed by atoms with Crippen molar-refractivity contribution in [1.82, 2.24) is 5.32 Å². The Bertz CT molecular complexity index is 479. The molecule has 1 rings (SSSR count). The van der Waals surface area contributed by atoms with Crippen molar-refractivity contribution >= 4 is 23.7 Å². The van der Waals surface area contributed by atoms with E-state index in [0.717, 1.165) is 5.56 Å². The van der Waals surface area contributed by atoms with Gasteiger partial charge in [0.2, 0.25) is 0 Å². The number of nitrogens with two attached hydrogens (primary N) is 1. The third-order valence-corrected chi connectivity index (χ3v) is 3.25. The number of rotatable bonds is 8. The maximum absolute atomic E-state index is 11.5. The Morgan fingerprint density at radius 3 is 2.59 bits per heavy atom. The van der Waals surface area contributed by atoms with Crippen molar-refractivity contribution in [2.75, 3.05) is 13.7 Å². The molecular weight excluding hydrogens is 308 g/mol. The van der Waals surface area contributed by atoms with Crippen LogP contribution in [0.3, 0.4) is 0 Å². The molecule has 0 aliphatic heterocycles. The quantitative estimate of drug-likeness (QED) is 0.564. The first-order valence-electron chi connectivity index (χ1n) is 7.01. The minimum Gasteiger partial charge on any atom is -0.468 e. The third-order valence-electron chi connectivity index (χ3n) is 3.00. The van der Waals surface area contributed by atoms with Crippen LogP contribution in [-0.2, 0) is 20.9 Å². The van der Waals surface area contributed by atoms with Crippen molar-refractivity contribution in [3.05, 3.63) is 34.9 Å². The van der Waals surface area contributed by atoms with Gasteiger partial charge in [-0.15, -0.1) is 0 Å². The number of benzene rings is 1. The number of amides is 1. The number of carbonyl (C=O) groups excluding carboxylic acids is 2. The molecule has 0 radical (unpaired) electrons. The lowest BCUT2D eigenvalue weighted by Gasteiger charge is -2.09. The molecule has 7 heteroatoms. The fourth-order valence-corrected chi connectivity index (χ4v) is 1.86. The van der Waals surface area contributed by atoms with Crippen LogP contribution in [-0.4, -0.2) is 31.8 Å². The molecule has 22 heavy (non-hydrogen) atoms.